The van der Waals surface area contributed by atoms with E-state index in [-0.39, 0.29) is 11.8 Å². The quantitative estimate of drug-likeness (QED) is 0.868. The van der Waals surface area contributed by atoms with Crippen LogP contribution in [0.2, 0.25) is 0 Å². The van der Waals surface area contributed by atoms with E-state index in [9.17, 15) is 18.4 Å². The van der Waals surface area contributed by atoms with E-state index in [1.807, 2.05) is 0 Å². The van der Waals surface area contributed by atoms with Crippen LogP contribution < -0.4 is 10.1 Å². The lowest BCUT2D eigenvalue weighted by atomic mass is 10.1. The van der Waals surface area contributed by atoms with Gasteiger partial charge in [0.25, 0.3) is 5.91 Å². The number of hydrogen-bond acceptors (Lipinski definition) is 3. The van der Waals surface area contributed by atoms with E-state index in [4.69, 9.17) is 9.84 Å². The molecule has 1 aliphatic carbocycles. The van der Waals surface area contributed by atoms with E-state index >= 15 is 0 Å². The highest BCUT2D eigenvalue weighted by Crippen LogP contribution is 2.25. The molecule has 0 radical (unpaired) electrons. The molecule has 5 nitrogen and oxygen atoms in total. The van der Waals surface area contributed by atoms with Crippen molar-refractivity contribution < 1.29 is 28.2 Å². The average Bonchev–Trinajstić information content (AvgIpc) is 2.86. The zero-order valence-electron chi connectivity index (χ0n) is 11.1. The molecule has 7 heteroatoms. The van der Waals surface area contributed by atoms with Crippen molar-refractivity contribution >= 4 is 11.9 Å². The lowest BCUT2D eigenvalue weighted by Crippen LogP contribution is -2.36. The third-order valence-electron chi connectivity index (χ3n) is 3.40. The molecular formula is C14H15F2NO4. The van der Waals surface area contributed by atoms with Gasteiger partial charge in [-0.15, -0.1) is 0 Å². The first-order valence-corrected chi connectivity index (χ1v) is 6.55. The first-order chi connectivity index (χ1) is 9.95. The maximum Gasteiger partial charge on any atom is 0.306 e. The molecule has 0 aromatic heterocycles. The lowest BCUT2D eigenvalue weighted by molar-refractivity contribution is -0.141. The largest absolute Gasteiger partial charge is 0.481 e. The first-order valence-electron chi connectivity index (χ1n) is 6.55. The number of carboxylic acid groups (broad SMARTS) is 1. The summed E-state index contributed by atoms with van der Waals surface area (Å²) in [4.78, 5) is 22.4. The van der Waals surface area contributed by atoms with E-state index in [1.54, 1.807) is 0 Å². The summed E-state index contributed by atoms with van der Waals surface area (Å²) >= 11 is 0. The van der Waals surface area contributed by atoms with E-state index in [2.05, 4.69) is 5.32 Å². The van der Waals surface area contributed by atoms with E-state index < -0.39 is 36.0 Å². The number of carbonyl (C=O) groups is 2. The summed E-state index contributed by atoms with van der Waals surface area (Å²) in [6.07, 6.45) is 1.49. The normalized spacial score (nSPS) is 21.0. The third kappa shape index (κ3) is 4.14. The minimum absolute atomic E-state index is 0.207. The second-order valence-electron chi connectivity index (χ2n) is 4.98. The number of carbonyl (C=O) groups excluding carboxylic acids is 1. The lowest BCUT2D eigenvalue weighted by Gasteiger charge is -2.13. The molecule has 0 bridgehead atoms. The Bertz CT molecular complexity index is 550. The van der Waals surface area contributed by atoms with Gasteiger partial charge in [0.2, 0.25) is 0 Å². The predicted octanol–water partition coefficient (Wildman–Crippen LogP) is 1.71. The van der Waals surface area contributed by atoms with Crippen molar-refractivity contribution in [2.45, 2.75) is 25.3 Å². The topological polar surface area (TPSA) is 75.6 Å². The maximum atomic E-state index is 13.3. The highest BCUT2D eigenvalue weighted by Gasteiger charge is 2.30. The molecule has 1 aromatic carbocycles. The molecule has 0 saturated heterocycles. The van der Waals surface area contributed by atoms with Crippen molar-refractivity contribution in [3.05, 3.63) is 29.8 Å². The molecule has 1 saturated carbocycles. The number of benzene rings is 1. The molecule has 2 atom stereocenters. The second kappa shape index (κ2) is 6.51. The number of carboxylic acids is 1. The van der Waals surface area contributed by atoms with Crippen LogP contribution in [0.25, 0.3) is 0 Å². The van der Waals surface area contributed by atoms with Crippen LogP contribution in [0.5, 0.6) is 5.75 Å². The van der Waals surface area contributed by atoms with Gasteiger partial charge in [0.1, 0.15) is 5.82 Å². The van der Waals surface area contributed by atoms with Crippen LogP contribution in [0.1, 0.15) is 19.3 Å². The maximum absolute atomic E-state index is 13.3. The predicted molar refractivity (Wildman–Crippen MR) is 68.8 cm³/mol. The van der Waals surface area contributed by atoms with E-state index in [0.717, 1.165) is 12.1 Å². The molecule has 0 aliphatic heterocycles. The molecule has 1 fully saturated rings. The monoisotopic (exact) mass is 299 g/mol. The fraction of sp³-hybridized carbons (Fsp3) is 0.429. The van der Waals surface area contributed by atoms with E-state index in [0.29, 0.717) is 25.3 Å². The minimum atomic E-state index is -0.880. The number of amides is 1. The summed E-state index contributed by atoms with van der Waals surface area (Å²) in [5.74, 6) is -3.58. The van der Waals surface area contributed by atoms with Gasteiger partial charge >= 0.3 is 5.97 Å². The second-order valence-corrected chi connectivity index (χ2v) is 4.98. The Morgan fingerprint density at radius 3 is 2.71 bits per heavy atom. The van der Waals surface area contributed by atoms with Gasteiger partial charge < -0.3 is 15.2 Å². The van der Waals surface area contributed by atoms with Crippen LogP contribution in [0.3, 0.4) is 0 Å². The van der Waals surface area contributed by atoms with E-state index in [1.165, 1.54) is 0 Å². The highest BCUT2D eigenvalue weighted by molar-refractivity contribution is 5.78. The Hall–Kier alpha value is -2.18. The van der Waals surface area contributed by atoms with Crippen molar-refractivity contribution in [1.29, 1.82) is 0 Å². The third-order valence-corrected chi connectivity index (χ3v) is 3.40. The zero-order chi connectivity index (χ0) is 15.4. The molecule has 0 unspecified atom stereocenters. The molecule has 0 heterocycles. The SMILES string of the molecule is O=C(COc1ccc(F)cc1F)N[C@@H]1CC[C@H](C(=O)O)C1. The fourth-order valence-electron chi connectivity index (χ4n) is 2.34. The van der Waals surface area contributed by atoms with Crippen molar-refractivity contribution in [3.63, 3.8) is 0 Å². The molecule has 0 spiro atoms. The van der Waals surface area contributed by atoms with Crippen LogP contribution >= 0.6 is 0 Å². The summed E-state index contributed by atoms with van der Waals surface area (Å²) in [5, 5.41) is 11.5. The number of rotatable bonds is 5. The minimum Gasteiger partial charge on any atom is -0.481 e. The first kappa shape index (κ1) is 15.2. The molecule has 1 amide bonds. The Morgan fingerprint density at radius 1 is 1.33 bits per heavy atom. The average molecular weight is 299 g/mol. The standard InChI is InChI=1S/C14H15F2NO4/c15-9-2-4-12(11(16)6-9)21-7-13(18)17-10-3-1-8(5-10)14(19)20/h2,4,6,8,10H,1,3,5,7H2,(H,17,18)(H,19,20)/t8-,10+/m0/s1. The summed E-state index contributed by atoms with van der Waals surface area (Å²) in [6.45, 7) is -0.406. The van der Waals surface area contributed by atoms with Gasteiger partial charge in [-0.25, -0.2) is 8.78 Å². The molecule has 114 valence electrons. The molecule has 2 rings (SSSR count). The van der Waals surface area contributed by atoms with Gasteiger partial charge in [0.15, 0.2) is 18.2 Å². The van der Waals surface area contributed by atoms with Gasteiger partial charge in [-0.05, 0) is 31.4 Å². The molecule has 1 aromatic rings. The summed E-state index contributed by atoms with van der Waals surface area (Å²) in [5.41, 5.74) is 0. The number of halogens is 2. The Balaban J connectivity index is 1.79. The summed E-state index contributed by atoms with van der Waals surface area (Å²) in [7, 11) is 0. The smallest absolute Gasteiger partial charge is 0.306 e. The van der Waals surface area contributed by atoms with Crippen LogP contribution in [0.15, 0.2) is 18.2 Å². The Kier molecular flexibility index (Phi) is 4.72. The molecule has 2 N–H and O–H groups in total. The number of ether oxygens (including phenoxy) is 1. The number of aliphatic carboxylic acids is 1. The van der Waals surface area contributed by atoms with Crippen LogP contribution in [-0.4, -0.2) is 29.6 Å². The Morgan fingerprint density at radius 2 is 2.10 bits per heavy atom. The Labute approximate surface area is 119 Å². The number of hydrogen-bond donors (Lipinski definition) is 2. The van der Waals surface area contributed by atoms with Crippen LogP contribution in [0, 0.1) is 17.6 Å². The van der Waals surface area contributed by atoms with Crippen molar-refractivity contribution in [1.82, 2.24) is 5.32 Å². The molecule has 21 heavy (non-hydrogen) atoms. The van der Waals surface area contributed by atoms with Gasteiger partial charge in [-0.3, -0.25) is 9.59 Å². The zero-order valence-corrected chi connectivity index (χ0v) is 11.1. The van der Waals surface area contributed by atoms with Crippen molar-refractivity contribution in [2.75, 3.05) is 6.61 Å². The fourth-order valence-corrected chi connectivity index (χ4v) is 2.34. The van der Waals surface area contributed by atoms with Crippen molar-refractivity contribution in [3.8, 4) is 5.75 Å². The van der Waals surface area contributed by atoms with Gasteiger partial charge in [-0.1, -0.05) is 0 Å². The van der Waals surface area contributed by atoms with Crippen LogP contribution in [-0.2, 0) is 9.59 Å². The molecule has 1 aliphatic rings. The van der Waals surface area contributed by atoms with Gasteiger partial charge in [0, 0.05) is 12.1 Å². The van der Waals surface area contributed by atoms with Crippen molar-refractivity contribution in [2.24, 2.45) is 5.92 Å². The molecular weight excluding hydrogens is 284 g/mol. The summed E-state index contributed by atoms with van der Waals surface area (Å²) in [6, 6.07) is 2.60. The van der Waals surface area contributed by atoms with Gasteiger partial charge in [0.05, 0.1) is 5.92 Å². The van der Waals surface area contributed by atoms with Crippen LogP contribution in [0.4, 0.5) is 8.78 Å². The highest BCUT2D eigenvalue weighted by atomic mass is 19.1. The summed E-state index contributed by atoms with van der Waals surface area (Å²) < 4.78 is 30.9. The van der Waals surface area contributed by atoms with Gasteiger partial charge in [-0.2, -0.15) is 0 Å². The number of nitrogens with one attached hydrogen (secondary N) is 1.